The third-order valence-corrected chi connectivity index (χ3v) is 3.92. The van der Waals surface area contributed by atoms with Crippen LogP contribution in [-0.2, 0) is 6.61 Å². The molecule has 0 bridgehead atoms. The molecule has 21 heavy (non-hydrogen) atoms. The van der Waals surface area contributed by atoms with Gasteiger partial charge in [0.2, 0.25) is 0 Å². The first-order chi connectivity index (χ1) is 10.4. The zero-order valence-electron chi connectivity index (χ0n) is 11.3. The molecular weight excluding hydrogens is 282 g/mol. The molecule has 3 rings (SSSR count). The number of aromatic nitrogens is 1. The van der Waals surface area contributed by atoms with E-state index in [1.165, 1.54) is 11.3 Å². The Morgan fingerprint density at radius 2 is 1.81 bits per heavy atom. The van der Waals surface area contributed by atoms with Gasteiger partial charge in [-0.1, -0.05) is 59.9 Å². The molecule has 0 aliphatic rings. The molecule has 0 unspecified atom stereocenters. The molecule has 0 aliphatic carbocycles. The SMILES string of the molecule is NNc1ncc(COc2ccccc2-c2ccccc2)s1. The molecule has 0 fully saturated rings. The molecule has 1 heterocycles. The number of rotatable bonds is 5. The van der Waals surface area contributed by atoms with Crippen LogP contribution in [0.15, 0.2) is 60.8 Å². The number of anilines is 1. The third-order valence-electron chi connectivity index (χ3n) is 3.02. The average Bonchev–Trinajstić information content (AvgIpc) is 3.02. The van der Waals surface area contributed by atoms with Crippen molar-refractivity contribution in [2.24, 2.45) is 5.84 Å². The lowest BCUT2D eigenvalue weighted by Crippen LogP contribution is -2.05. The zero-order chi connectivity index (χ0) is 14.5. The summed E-state index contributed by atoms with van der Waals surface area (Å²) >= 11 is 1.48. The molecule has 4 nitrogen and oxygen atoms in total. The monoisotopic (exact) mass is 297 g/mol. The summed E-state index contributed by atoms with van der Waals surface area (Å²) in [6.07, 6.45) is 1.77. The summed E-state index contributed by atoms with van der Waals surface area (Å²) in [5.74, 6) is 6.19. The molecule has 2 aromatic carbocycles. The summed E-state index contributed by atoms with van der Waals surface area (Å²) in [7, 11) is 0. The Bertz CT molecular complexity index is 712. The molecule has 5 heteroatoms. The summed E-state index contributed by atoms with van der Waals surface area (Å²) in [5.41, 5.74) is 4.76. The molecule has 106 valence electrons. The van der Waals surface area contributed by atoms with Crippen LogP contribution in [0.5, 0.6) is 5.75 Å². The smallest absolute Gasteiger partial charge is 0.197 e. The standard InChI is InChI=1S/C16H15N3OS/c17-19-16-18-10-13(21-16)11-20-15-9-5-4-8-14(15)12-6-2-1-3-7-12/h1-10H,11,17H2,(H,18,19). The van der Waals surface area contributed by atoms with Crippen molar-refractivity contribution in [3.05, 3.63) is 65.7 Å². The summed E-state index contributed by atoms with van der Waals surface area (Å²) < 4.78 is 5.94. The maximum absolute atomic E-state index is 5.94. The lowest BCUT2D eigenvalue weighted by atomic mass is 10.1. The Kier molecular flexibility index (Phi) is 4.14. The molecule has 0 saturated carbocycles. The fraction of sp³-hybridized carbons (Fsp3) is 0.0625. The number of hydrogen-bond donors (Lipinski definition) is 2. The first kappa shape index (κ1) is 13.6. The van der Waals surface area contributed by atoms with E-state index in [2.05, 4.69) is 28.6 Å². The Morgan fingerprint density at radius 3 is 2.57 bits per heavy atom. The first-order valence-electron chi connectivity index (χ1n) is 6.55. The van der Waals surface area contributed by atoms with Crippen molar-refractivity contribution in [1.82, 2.24) is 4.98 Å². The van der Waals surface area contributed by atoms with Gasteiger partial charge >= 0.3 is 0 Å². The van der Waals surface area contributed by atoms with Crippen LogP contribution in [-0.4, -0.2) is 4.98 Å². The third kappa shape index (κ3) is 3.21. The second-order valence-corrected chi connectivity index (χ2v) is 5.54. The number of ether oxygens (including phenoxy) is 1. The predicted molar refractivity (Wildman–Crippen MR) is 86.1 cm³/mol. The minimum Gasteiger partial charge on any atom is -0.487 e. The highest BCUT2D eigenvalue weighted by atomic mass is 32.1. The number of nitrogen functional groups attached to an aromatic ring is 1. The van der Waals surface area contributed by atoms with Gasteiger partial charge in [-0.2, -0.15) is 0 Å². The molecule has 0 aliphatic heterocycles. The lowest BCUT2D eigenvalue weighted by molar-refractivity contribution is 0.311. The van der Waals surface area contributed by atoms with Gasteiger partial charge in [0, 0.05) is 11.8 Å². The van der Waals surface area contributed by atoms with Crippen molar-refractivity contribution in [2.75, 3.05) is 5.43 Å². The molecule has 0 saturated heterocycles. The van der Waals surface area contributed by atoms with Crippen molar-refractivity contribution in [3.63, 3.8) is 0 Å². The van der Waals surface area contributed by atoms with E-state index in [0.29, 0.717) is 11.7 Å². The van der Waals surface area contributed by atoms with Crippen molar-refractivity contribution in [1.29, 1.82) is 0 Å². The van der Waals surface area contributed by atoms with Gasteiger partial charge in [0.25, 0.3) is 0 Å². The number of nitrogens with zero attached hydrogens (tertiary/aromatic N) is 1. The number of para-hydroxylation sites is 1. The van der Waals surface area contributed by atoms with Gasteiger partial charge in [0.15, 0.2) is 5.13 Å². The van der Waals surface area contributed by atoms with Gasteiger partial charge < -0.3 is 4.74 Å². The zero-order valence-corrected chi connectivity index (χ0v) is 12.1. The van der Waals surface area contributed by atoms with Crippen LogP contribution in [0.1, 0.15) is 4.88 Å². The first-order valence-corrected chi connectivity index (χ1v) is 7.37. The predicted octanol–water partition coefficient (Wildman–Crippen LogP) is 3.67. The van der Waals surface area contributed by atoms with Gasteiger partial charge in [-0.05, 0) is 11.6 Å². The van der Waals surface area contributed by atoms with Crippen molar-refractivity contribution in [2.45, 2.75) is 6.61 Å². The second-order valence-electron chi connectivity index (χ2n) is 4.43. The van der Waals surface area contributed by atoms with Crippen LogP contribution in [0.25, 0.3) is 11.1 Å². The second kappa shape index (κ2) is 6.39. The van der Waals surface area contributed by atoms with Crippen LogP contribution >= 0.6 is 11.3 Å². The largest absolute Gasteiger partial charge is 0.487 e. The number of nitrogens with two attached hydrogens (primary N) is 1. The van der Waals surface area contributed by atoms with E-state index in [4.69, 9.17) is 10.6 Å². The van der Waals surface area contributed by atoms with Crippen molar-refractivity contribution < 1.29 is 4.74 Å². The van der Waals surface area contributed by atoms with E-state index in [0.717, 1.165) is 21.8 Å². The molecule has 0 atom stereocenters. The summed E-state index contributed by atoms with van der Waals surface area (Å²) in [4.78, 5) is 5.15. The molecule has 0 amide bonds. The van der Waals surface area contributed by atoms with E-state index in [9.17, 15) is 0 Å². The van der Waals surface area contributed by atoms with Gasteiger partial charge in [-0.3, -0.25) is 5.43 Å². The minimum absolute atomic E-state index is 0.475. The average molecular weight is 297 g/mol. The molecule has 0 radical (unpaired) electrons. The summed E-state index contributed by atoms with van der Waals surface area (Å²) in [6, 6.07) is 18.2. The minimum atomic E-state index is 0.475. The number of hydrogen-bond acceptors (Lipinski definition) is 5. The number of benzene rings is 2. The van der Waals surface area contributed by atoms with Crippen LogP contribution in [0.3, 0.4) is 0 Å². The number of thiazole rings is 1. The molecule has 0 spiro atoms. The number of hydrazine groups is 1. The Hall–Kier alpha value is -2.37. The summed E-state index contributed by atoms with van der Waals surface area (Å²) in [5, 5.41) is 0.685. The highest BCUT2D eigenvalue weighted by Crippen LogP contribution is 2.30. The van der Waals surface area contributed by atoms with Gasteiger partial charge in [0.05, 0.1) is 4.88 Å². The normalized spacial score (nSPS) is 10.3. The molecule has 3 N–H and O–H groups in total. The molecular formula is C16H15N3OS. The van der Waals surface area contributed by atoms with E-state index in [-0.39, 0.29) is 0 Å². The van der Waals surface area contributed by atoms with Crippen LogP contribution in [0.4, 0.5) is 5.13 Å². The topological polar surface area (TPSA) is 60.2 Å². The molecule has 1 aromatic heterocycles. The van der Waals surface area contributed by atoms with Crippen LogP contribution < -0.4 is 16.0 Å². The van der Waals surface area contributed by atoms with Crippen molar-refractivity contribution in [3.8, 4) is 16.9 Å². The van der Waals surface area contributed by atoms with E-state index < -0.39 is 0 Å². The maximum Gasteiger partial charge on any atom is 0.197 e. The lowest BCUT2D eigenvalue weighted by Gasteiger charge is -2.10. The highest BCUT2D eigenvalue weighted by molar-refractivity contribution is 7.15. The fourth-order valence-electron chi connectivity index (χ4n) is 2.04. The van der Waals surface area contributed by atoms with Crippen molar-refractivity contribution >= 4 is 16.5 Å². The van der Waals surface area contributed by atoms with Gasteiger partial charge in [-0.25, -0.2) is 10.8 Å². The Morgan fingerprint density at radius 1 is 1.05 bits per heavy atom. The van der Waals surface area contributed by atoms with Crippen LogP contribution in [0.2, 0.25) is 0 Å². The van der Waals surface area contributed by atoms with E-state index in [1.54, 1.807) is 6.20 Å². The van der Waals surface area contributed by atoms with Crippen LogP contribution in [0, 0.1) is 0 Å². The van der Waals surface area contributed by atoms with Gasteiger partial charge in [-0.15, -0.1) is 0 Å². The quantitative estimate of drug-likeness (QED) is 0.557. The van der Waals surface area contributed by atoms with E-state index in [1.807, 2.05) is 36.4 Å². The van der Waals surface area contributed by atoms with E-state index >= 15 is 0 Å². The Balaban J connectivity index is 1.79. The fourth-order valence-corrected chi connectivity index (χ4v) is 2.67. The molecule has 3 aromatic rings. The van der Waals surface area contributed by atoms with Gasteiger partial charge in [0.1, 0.15) is 12.4 Å². The highest BCUT2D eigenvalue weighted by Gasteiger charge is 2.07. The summed E-state index contributed by atoms with van der Waals surface area (Å²) in [6.45, 7) is 0.475. The maximum atomic E-state index is 5.94. The number of nitrogens with one attached hydrogen (secondary N) is 1. The Labute approximate surface area is 127 Å².